The lowest BCUT2D eigenvalue weighted by molar-refractivity contribution is -0.116. The lowest BCUT2D eigenvalue weighted by Crippen LogP contribution is -2.50. The highest BCUT2D eigenvalue weighted by Crippen LogP contribution is 2.34. The van der Waals surface area contributed by atoms with Crippen LogP contribution in [0.3, 0.4) is 0 Å². The van der Waals surface area contributed by atoms with Crippen LogP contribution in [-0.4, -0.2) is 42.4 Å². The summed E-state index contributed by atoms with van der Waals surface area (Å²) in [5.41, 5.74) is 0.936. The van der Waals surface area contributed by atoms with Crippen molar-refractivity contribution in [3.63, 3.8) is 0 Å². The molecule has 2 aliphatic heterocycles. The second kappa shape index (κ2) is 6.66. The number of fused-ring (bicyclic) bond motifs is 1. The van der Waals surface area contributed by atoms with Crippen LogP contribution in [0.2, 0.25) is 0 Å². The SMILES string of the molecule is CC1CCN(S(=O)(=O)c2cc3c(cc2F)NC(=O)CC3)C(C(C)O)C1. The molecule has 1 amide bonds. The molecule has 2 N–H and O–H groups in total. The number of nitrogens with zero attached hydrogens (tertiary/aromatic N) is 1. The first-order valence-electron chi connectivity index (χ1n) is 8.52. The van der Waals surface area contributed by atoms with Crippen molar-refractivity contribution in [3.8, 4) is 0 Å². The van der Waals surface area contributed by atoms with E-state index in [1.165, 1.54) is 10.4 Å². The molecule has 2 aliphatic rings. The van der Waals surface area contributed by atoms with Gasteiger partial charge in [0.1, 0.15) is 10.7 Å². The number of amides is 1. The number of benzene rings is 1. The van der Waals surface area contributed by atoms with Crippen molar-refractivity contribution in [2.45, 2.75) is 56.6 Å². The number of rotatable bonds is 3. The highest BCUT2D eigenvalue weighted by molar-refractivity contribution is 7.89. The van der Waals surface area contributed by atoms with E-state index in [0.29, 0.717) is 36.4 Å². The lowest BCUT2D eigenvalue weighted by atomic mass is 9.92. The van der Waals surface area contributed by atoms with Crippen LogP contribution in [0.4, 0.5) is 10.1 Å². The molecular formula is C17H23FN2O4S. The zero-order valence-electron chi connectivity index (χ0n) is 14.3. The number of aryl methyl sites for hydroxylation is 1. The molecular weight excluding hydrogens is 347 g/mol. The molecule has 0 spiro atoms. The van der Waals surface area contributed by atoms with Gasteiger partial charge in [0.2, 0.25) is 15.9 Å². The van der Waals surface area contributed by atoms with Gasteiger partial charge in [0.15, 0.2) is 0 Å². The third kappa shape index (κ3) is 3.43. The van der Waals surface area contributed by atoms with E-state index in [9.17, 15) is 22.7 Å². The fourth-order valence-electron chi connectivity index (χ4n) is 3.60. The number of sulfonamides is 1. The van der Waals surface area contributed by atoms with Crippen LogP contribution in [0.25, 0.3) is 0 Å². The summed E-state index contributed by atoms with van der Waals surface area (Å²) in [5, 5.41) is 12.6. The van der Waals surface area contributed by atoms with Crippen LogP contribution in [0, 0.1) is 11.7 Å². The summed E-state index contributed by atoms with van der Waals surface area (Å²) in [6, 6.07) is 1.82. The smallest absolute Gasteiger partial charge is 0.246 e. The first-order valence-corrected chi connectivity index (χ1v) is 9.96. The molecule has 2 heterocycles. The van der Waals surface area contributed by atoms with Crippen LogP contribution in [0.15, 0.2) is 17.0 Å². The average Bonchev–Trinajstić information content (AvgIpc) is 2.53. The zero-order valence-corrected chi connectivity index (χ0v) is 15.1. The largest absolute Gasteiger partial charge is 0.392 e. The van der Waals surface area contributed by atoms with Gasteiger partial charge >= 0.3 is 0 Å². The second-order valence-corrected chi connectivity index (χ2v) is 8.90. The Morgan fingerprint density at radius 2 is 2.08 bits per heavy atom. The minimum absolute atomic E-state index is 0.207. The molecule has 0 saturated carbocycles. The van der Waals surface area contributed by atoms with Gasteiger partial charge in [-0.05, 0) is 49.8 Å². The molecule has 25 heavy (non-hydrogen) atoms. The van der Waals surface area contributed by atoms with Gasteiger partial charge in [-0.2, -0.15) is 4.31 Å². The number of carbonyl (C=O) groups excluding carboxylic acids is 1. The fraction of sp³-hybridized carbons (Fsp3) is 0.588. The van der Waals surface area contributed by atoms with E-state index in [0.717, 1.165) is 6.07 Å². The number of hydrogen-bond acceptors (Lipinski definition) is 4. The van der Waals surface area contributed by atoms with E-state index >= 15 is 0 Å². The zero-order chi connectivity index (χ0) is 18.4. The summed E-state index contributed by atoms with van der Waals surface area (Å²) in [6.45, 7) is 3.83. The van der Waals surface area contributed by atoms with Crippen LogP contribution < -0.4 is 5.32 Å². The monoisotopic (exact) mass is 370 g/mol. The number of nitrogens with one attached hydrogen (secondary N) is 1. The highest BCUT2D eigenvalue weighted by Gasteiger charge is 2.39. The standard InChI is InChI=1S/C17H23FN2O4S/c1-10-5-6-20(15(7-10)11(2)21)25(23,24)16-8-12-3-4-17(22)19-14(12)9-13(16)18/h8-11,15,21H,3-7H2,1-2H3,(H,19,22). The summed E-state index contributed by atoms with van der Waals surface area (Å²) in [7, 11) is -4.07. The number of aliphatic hydroxyl groups is 1. The normalized spacial score (nSPS) is 26.0. The molecule has 0 aliphatic carbocycles. The van der Waals surface area contributed by atoms with Crippen LogP contribution >= 0.6 is 0 Å². The van der Waals surface area contributed by atoms with E-state index in [4.69, 9.17) is 0 Å². The molecule has 1 fully saturated rings. The molecule has 3 rings (SSSR count). The van der Waals surface area contributed by atoms with Crippen molar-refractivity contribution in [3.05, 3.63) is 23.5 Å². The highest BCUT2D eigenvalue weighted by atomic mass is 32.2. The molecule has 1 aromatic carbocycles. The van der Waals surface area contributed by atoms with Gasteiger partial charge in [-0.1, -0.05) is 6.92 Å². The van der Waals surface area contributed by atoms with E-state index in [-0.39, 0.29) is 23.8 Å². The summed E-state index contributed by atoms with van der Waals surface area (Å²) in [5.74, 6) is -0.791. The maximum atomic E-state index is 14.5. The minimum atomic E-state index is -4.07. The second-order valence-electron chi connectivity index (χ2n) is 7.04. The molecule has 0 radical (unpaired) electrons. The Morgan fingerprint density at radius 3 is 2.76 bits per heavy atom. The van der Waals surface area contributed by atoms with Crippen LogP contribution in [0.1, 0.15) is 38.7 Å². The van der Waals surface area contributed by atoms with Gasteiger partial charge in [0.05, 0.1) is 12.1 Å². The van der Waals surface area contributed by atoms with Gasteiger partial charge in [-0.3, -0.25) is 4.79 Å². The van der Waals surface area contributed by atoms with Gasteiger partial charge in [0.25, 0.3) is 0 Å². The Kier molecular flexibility index (Phi) is 4.87. The van der Waals surface area contributed by atoms with E-state index in [1.54, 1.807) is 6.92 Å². The first-order chi connectivity index (χ1) is 11.7. The Bertz CT molecular complexity index is 794. The van der Waals surface area contributed by atoms with Gasteiger partial charge < -0.3 is 10.4 Å². The van der Waals surface area contributed by atoms with Crippen molar-refractivity contribution in [2.24, 2.45) is 5.92 Å². The van der Waals surface area contributed by atoms with Crippen LogP contribution in [0.5, 0.6) is 0 Å². The molecule has 3 atom stereocenters. The summed E-state index contributed by atoms with van der Waals surface area (Å²) < 4.78 is 41.9. The maximum absolute atomic E-state index is 14.5. The number of halogens is 1. The van der Waals surface area contributed by atoms with Crippen molar-refractivity contribution < 1.29 is 22.7 Å². The molecule has 0 aromatic heterocycles. The Morgan fingerprint density at radius 1 is 1.36 bits per heavy atom. The van der Waals surface area contributed by atoms with Gasteiger partial charge in [0, 0.05) is 18.7 Å². The quantitative estimate of drug-likeness (QED) is 0.851. The van der Waals surface area contributed by atoms with Gasteiger partial charge in [-0.15, -0.1) is 0 Å². The number of hydrogen-bond donors (Lipinski definition) is 2. The van der Waals surface area contributed by atoms with Crippen molar-refractivity contribution in [1.82, 2.24) is 4.31 Å². The Hall–Kier alpha value is -1.51. The number of anilines is 1. The molecule has 6 nitrogen and oxygen atoms in total. The molecule has 138 valence electrons. The number of piperidine rings is 1. The van der Waals surface area contributed by atoms with Crippen molar-refractivity contribution >= 4 is 21.6 Å². The Balaban J connectivity index is 2.01. The van der Waals surface area contributed by atoms with Crippen molar-refractivity contribution in [2.75, 3.05) is 11.9 Å². The summed E-state index contributed by atoms with van der Waals surface area (Å²) in [4.78, 5) is 11.0. The predicted octanol–water partition coefficient (Wildman–Crippen LogP) is 1.88. The van der Waals surface area contributed by atoms with E-state index in [2.05, 4.69) is 5.32 Å². The van der Waals surface area contributed by atoms with Gasteiger partial charge in [-0.25, -0.2) is 12.8 Å². The maximum Gasteiger partial charge on any atom is 0.246 e. The Labute approximate surface area is 147 Å². The third-order valence-corrected chi connectivity index (χ3v) is 6.99. The summed E-state index contributed by atoms with van der Waals surface area (Å²) >= 11 is 0. The molecule has 1 aromatic rings. The average molecular weight is 370 g/mol. The van der Waals surface area contributed by atoms with Crippen molar-refractivity contribution in [1.29, 1.82) is 0 Å². The first kappa shape index (κ1) is 18.3. The minimum Gasteiger partial charge on any atom is -0.392 e. The molecule has 3 unspecified atom stereocenters. The van der Waals surface area contributed by atoms with E-state index < -0.39 is 28.0 Å². The fourth-order valence-corrected chi connectivity index (χ4v) is 5.41. The predicted molar refractivity (Wildman–Crippen MR) is 91.1 cm³/mol. The molecule has 0 bridgehead atoms. The number of carbonyl (C=O) groups is 1. The topological polar surface area (TPSA) is 86.7 Å². The van der Waals surface area contributed by atoms with Crippen LogP contribution in [-0.2, 0) is 21.2 Å². The summed E-state index contributed by atoms with van der Waals surface area (Å²) in [6.07, 6.45) is 0.999. The molecule has 1 saturated heterocycles. The number of aliphatic hydroxyl groups excluding tert-OH is 1. The third-order valence-electron chi connectivity index (χ3n) is 5.05. The van der Waals surface area contributed by atoms with E-state index in [1.807, 2.05) is 6.92 Å². The molecule has 8 heteroatoms. The lowest BCUT2D eigenvalue weighted by Gasteiger charge is -2.39.